The molecule has 0 aromatic heterocycles. The minimum absolute atomic E-state index is 0.128. The van der Waals surface area contributed by atoms with Crippen molar-refractivity contribution in [1.29, 1.82) is 0 Å². The highest BCUT2D eigenvalue weighted by molar-refractivity contribution is 5.81. The van der Waals surface area contributed by atoms with Gasteiger partial charge in [-0.15, -0.1) is 0 Å². The van der Waals surface area contributed by atoms with Crippen LogP contribution in [0.4, 0.5) is 9.59 Å². The van der Waals surface area contributed by atoms with Crippen LogP contribution >= 0.6 is 0 Å². The Hall–Kier alpha value is -2.19. The Labute approximate surface area is 123 Å². The van der Waals surface area contributed by atoms with Crippen LogP contribution in [0.25, 0.3) is 0 Å². The standard InChI is InChI=1S/C12H22N6O3/c19-11(17-6-8-18(9-7-17)12(20)21)16-3-1-2-13-10-14-4-5-15-10/h1-9H2,(H,16,19)(H,20,21)(H2,13,14,15). The average molecular weight is 298 g/mol. The van der Waals surface area contributed by atoms with Crippen molar-refractivity contribution in [3.05, 3.63) is 0 Å². The number of carboxylic acid groups (broad SMARTS) is 1. The third-order valence-electron chi connectivity index (χ3n) is 3.43. The molecule has 0 aliphatic carbocycles. The predicted octanol–water partition coefficient (Wildman–Crippen LogP) is -1.07. The van der Waals surface area contributed by atoms with Crippen molar-refractivity contribution < 1.29 is 14.7 Å². The fraction of sp³-hybridized carbons (Fsp3) is 0.750. The van der Waals surface area contributed by atoms with Crippen molar-refractivity contribution in [1.82, 2.24) is 25.8 Å². The molecule has 1 fully saturated rings. The maximum Gasteiger partial charge on any atom is 0.407 e. The monoisotopic (exact) mass is 298 g/mol. The van der Waals surface area contributed by atoms with Crippen LogP contribution in [0.5, 0.6) is 0 Å². The van der Waals surface area contributed by atoms with Crippen molar-refractivity contribution >= 4 is 18.1 Å². The number of amides is 3. The third-order valence-corrected chi connectivity index (χ3v) is 3.43. The van der Waals surface area contributed by atoms with Gasteiger partial charge in [-0.2, -0.15) is 0 Å². The molecule has 0 atom stereocenters. The molecule has 4 N–H and O–H groups in total. The molecule has 0 aromatic carbocycles. The van der Waals surface area contributed by atoms with Crippen LogP contribution in [0.2, 0.25) is 0 Å². The zero-order chi connectivity index (χ0) is 15.1. The normalized spacial score (nSPS) is 18.0. The van der Waals surface area contributed by atoms with Crippen LogP contribution in [0.1, 0.15) is 6.42 Å². The number of hydrogen-bond donors (Lipinski definition) is 4. The van der Waals surface area contributed by atoms with Gasteiger partial charge in [0.15, 0.2) is 5.96 Å². The van der Waals surface area contributed by atoms with Gasteiger partial charge < -0.3 is 30.9 Å². The average Bonchev–Trinajstić information content (AvgIpc) is 3.00. The summed E-state index contributed by atoms with van der Waals surface area (Å²) in [5.74, 6) is 0.825. The van der Waals surface area contributed by atoms with Crippen molar-refractivity contribution in [3.8, 4) is 0 Å². The first-order valence-electron chi connectivity index (χ1n) is 7.19. The molecule has 21 heavy (non-hydrogen) atoms. The molecule has 9 heteroatoms. The van der Waals surface area contributed by atoms with Gasteiger partial charge in [-0.05, 0) is 6.42 Å². The minimum Gasteiger partial charge on any atom is -0.465 e. The van der Waals surface area contributed by atoms with Gasteiger partial charge in [0.2, 0.25) is 0 Å². The van der Waals surface area contributed by atoms with E-state index < -0.39 is 6.09 Å². The van der Waals surface area contributed by atoms with Gasteiger partial charge in [-0.3, -0.25) is 4.99 Å². The van der Waals surface area contributed by atoms with E-state index in [9.17, 15) is 9.59 Å². The first-order valence-corrected chi connectivity index (χ1v) is 7.19. The lowest BCUT2D eigenvalue weighted by atomic mass is 10.3. The molecule has 2 heterocycles. The lowest BCUT2D eigenvalue weighted by molar-refractivity contribution is 0.112. The minimum atomic E-state index is -0.926. The second-order valence-corrected chi connectivity index (χ2v) is 4.93. The molecule has 0 saturated carbocycles. The van der Waals surface area contributed by atoms with Crippen molar-refractivity contribution in [2.75, 3.05) is 52.4 Å². The van der Waals surface area contributed by atoms with E-state index in [0.29, 0.717) is 32.7 Å². The molecule has 1 saturated heterocycles. The van der Waals surface area contributed by atoms with Gasteiger partial charge in [-0.1, -0.05) is 0 Å². The molecular formula is C12H22N6O3. The number of piperazine rings is 1. The molecule has 2 aliphatic rings. The fourth-order valence-corrected chi connectivity index (χ4v) is 2.22. The molecule has 9 nitrogen and oxygen atoms in total. The maximum absolute atomic E-state index is 11.9. The number of carbonyl (C=O) groups is 2. The molecule has 0 radical (unpaired) electrons. The number of nitrogens with one attached hydrogen (secondary N) is 3. The molecule has 0 aromatic rings. The van der Waals surface area contributed by atoms with E-state index in [1.54, 1.807) is 4.90 Å². The molecule has 2 rings (SSSR count). The number of urea groups is 1. The summed E-state index contributed by atoms with van der Waals surface area (Å²) < 4.78 is 0. The highest BCUT2D eigenvalue weighted by Crippen LogP contribution is 2.02. The van der Waals surface area contributed by atoms with Crippen LogP contribution in [0.15, 0.2) is 4.99 Å². The molecule has 0 bridgehead atoms. The van der Waals surface area contributed by atoms with E-state index in [0.717, 1.165) is 32.0 Å². The zero-order valence-electron chi connectivity index (χ0n) is 12.0. The lowest BCUT2D eigenvalue weighted by Gasteiger charge is -2.33. The topological polar surface area (TPSA) is 109 Å². The Morgan fingerprint density at radius 3 is 2.52 bits per heavy atom. The number of aliphatic imine (C=N–C) groups is 1. The van der Waals surface area contributed by atoms with Gasteiger partial charge in [-0.25, -0.2) is 9.59 Å². The van der Waals surface area contributed by atoms with E-state index >= 15 is 0 Å². The van der Waals surface area contributed by atoms with Crippen LogP contribution in [-0.4, -0.2) is 85.3 Å². The fourth-order valence-electron chi connectivity index (χ4n) is 2.22. The van der Waals surface area contributed by atoms with Gasteiger partial charge in [0.05, 0.1) is 6.54 Å². The Bertz CT molecular complexity index is 406. The summed E-state index contributed by atoms with van der Waals surface area (Å²) in [7, 11) is 0. The van der Waals surface area contributed by atoms with E-state index in [1.807, 2.05) is 0 Å². The molecule has 2 aliphatic heterocycles. The highest BCUT2D eigenvalue weighted by Gasteiger charge is 2.23. The summed E-state index contributed by atoms with van der Waals surface area (Å²) in [6, 6.07) is -0.128. The summed E-state index contributed by atoms with van der Waals surface area (Å²) in [6.07, 6.45) is -0.119. The van der Waals surface area contributed by atoms with Gasteiger partial charge in [0.25, 0.3) is 0 Å². The molecule has 118 valence electrons. The Morgan fingerprint density at radius 1 is 1.19 bits per heavy atom. The third kappa shape index (κ3) is 4.69. The van der Waals surface area contributed by atoms with Crippen molar-refractivity contribution in [2.24, 2.45) is 4.99 Å². The van der Waals surface area contributed by atoms with E-state index in [1.165, 1.54) is 4.90 Å². The Balaban J connectivity index is 1.54. The number of hydrogen-bond acceptors (Lipinski definition) is 5. The lowest BCUT2D eigenvalue weighted by Crippen LogP contribution is -2.53. The number of rotatable bonds is 4. The van der Waals surface area contributed by atoms with E-state index in [4.69, 9.17) is 5.11 Å². The predicted molar refractivity (Wildman–Crippen MR) is 77.5 cm³/mol. The smallest absolute Gasteiger partial charge is 0.407 e. The molecule has 0 unspecified atom stereocenters. The number of nitrogens with zero attached hydrogens (tertiary/aromatic N) is 3. The van der Waals surface area contributed by atoms with E-state index in [-0.39, 0.29) is 6.03 Å². The largest absolute Gasteiger partial charge is 0.465 e. The Morgan fingerprint density at radius 2 is 1.90 bits per heavy atom. The van der Waals surface area contributed by atoms with E-state index in [2.05, 4.69) is 20.9 Å². The summed E-state index contributed by atoms with van der Waals surface area (Å²) >= 11 is 0. The Kier molecular flexibility index (Phi) is 5.47. The first-order chi connectivity index (χ1) is 10.2. The molecule has 3 amide bonds. The van der Waals surface area contributed by atoms with Crippen LogP contribution in [-0.2, 0) is 0 Å². The van der Waals surface area contributed by atoms with Crippen LogP contribution < -0.4 is 16.0 Å². The SMILES string of the molecule is O=C(O)N1CCN(C(=O)NCCCNC2=NCCN2)CC1. The summed E-state index contributed by atoms with van der Waals surface area (Å²) in [5.41, 5.74) is 0. The van der Waals surface area contributed by atoms with Crippen LogP contribution in [0, 0.1) is 0 Å². The summed E-state index contributed by atoms with van der Waals surface area (Å²) in [5, 5.41) is 17.9. The molecular weight excluding hydrogens is 276 g/mol. The first kappa shape index (κ1) is 15.2. The van der Waals surface area contributed by atoms with Crippen LogP contribution in [0.3, 0.4) is 0 Å². The van der Waals surface area contributed by atoms with Crippen molar-refractivity contribution in [3.63, 3.8) is 0 Å². The van der Waals surface area contributed by atoms with Gasteiger partial charge in [0, 0.05) is 45.8 Å². The second-order valence-electron chi connectivity index (χ2n) is 4.93. The quantitative estimate of drug-likeness (QED) is 0.494. The zero-order valence-corrected chi connectivity index (χ0v) is 12.0. The summed E-state index contributed by atoms with van der Waals surface area (Å²) in [6.45, 7) is 4.64. The van der Waals surface area contributed by atoms with Gasteiger partial charge in [0.1, 0.15) is 0 Å². The number of guanidine groups is 1. The maximum atomic E-state index is 11.9. The second kappa shape index (κ2) is 7.55. The van der Waals surface area contributed by atoms with Gasteiger partial charge >= 0.3 is 12.1 Å². The van der Waals surface area contributed by atoms with Crippen molar-refractivity contribution in [2.45, 2.75) is 6.42 Å². The highest BCUT2D eigenvalue weighted by atomic mass is 16.4. The summed E-state index contributed by atoms with van der Waals surface area (Å²) in [4.78, 5) is 29.8. The molecule has 0 spiro atoms. The number of carbonyl (C=O) groups excluding carboxylic acids is 1.